The van der Waals surface area contributed by atoms with Crippen LogP contribution in [-0.2, 0) is 14.3 Å². The molecule has 0 aromatic heterocycles. The molecule has 8 nitrogen and oxygen atoms in total. The maximum Gasteiger partial charge on any atom is 0.337 e. The van der Waals surface area contributed by atoms with Crippen molar-refractivity contribution in [2.75, 3.05) is 38.7 Å². The van der Waals surface area contributed by atoms with Crippen LogP contribution in [0.4, 0.5) is 5.69 Å². The van der Waals surface area contributed by atoms with E-state index in [-0.39, 0.29) is 36.7 Å². The minimum Gasteiger partial charge on any atom is -0.492 e. The zero-order valence-corrected chi connectivity index (χ0v) is 15.0. The van der Waals surface area contributed by atoms with Gasteiger partial charge in [-0.05, 0) is 32.0 Å². The number of aliphatic hydroxyl groups is 1. The highest BCUT2D eigenvalue weighted by Gasteiger charge is 2.34. The number of carbonyl (C=O) groups is 3. The number of benzene rings is 1. The molecule has 1 aliphatic heterocycles. The van der Waals surface area contributed by atoms with Gasteiger partial charge in [0.2, 0.25) is 0 Å². The Morgan fingerprint density at radius 2 is 2.08 bits per heavy atom. The number of nitrogens with zero attached hydrogens (tertiary/aromatic N) is 1. The fraction of sp³-hybridized carbons (Fsp3) is 0.389. The van der Waals surface area contributed by atoms with Gasteiger partial charge in [-0.3, -0.25) is 9.59 Å². The molecule has 8 heteroatoms. The highest BCUT2D eigenvalue weighted by Crippen LogP contribution is 2.30. The first-order chi connectivity index (χ1) is 12.4. The van der Waals surface area contributed by atoms with E-state index in [1.54, 1.807) is 18.2 Å². The van der Waals surface area contributed by atoms with Gasteiger partial charge in [0.1, 0.15) is 11.4 Å². The van der Waals surface area contributed by atoms with Crippen LogP contribution in [-0.4, -0.2) is 61.1 Å². The zero-order chi connectivity index (χ0) is 19.3. The number of β-amino-alcohol motifs (C(OH)–C–C–N with tert-alkyl or cyclic N) is 1. The molecule has 1 amide bonds. The largest absolute Gasteiger partial charge is 0.492 e. The lowest BCUT2D eigenvalue weighted by molar-refractivity contribution is -0.136. The number of amides is 1. The first kappa shape index (κ1) is 19.5. The topological polar surface area (TPSA) is 105 Å². The van der Waals surface area contributed by atoms with Gasteiger partial charge in [0.25, 0.3) is 5.91 Å². The van der Waals surface area contributed by atoms with Crippen molar-refractivity contribution in [3.63, 3.8) is 0 Å². The van der Waals surface area contributed by atoms with E-state index in [4.69, 9.17) is 14.6 Å². The second-order valence-corrected chi connectivity index (χ2v) is 5.62. The van der Waals surface area contributed by atoms with E-state index < -0.39 is 11.9 Å². The van der Waals surface area contributed by atoms with Crippen molar-refractivity contribution in [3.8, 4) is 5.75 Å². The van der Waals surface area contributed by atoms with Crippen LogP contribution in [0.2, 0.25) is 0 Å². The molecule has 0 atom stereocenters. The Kier molecular flexibility index (Phi) is 6.35. The molecule has 1 aromatic rings. The van der Waals surface area contributed by atoms with Gasteiger partial charge in [-0.25, -0.2) is 4.79 Å². The van der Waals surface area contributed by atoms with Gasteiger partial charge in [-0.1, -0.05) is 0 Å². The number of Topliss-reactive ketones (excluding diaryl/α,β-unsaturated/α-hetero) is 1. The normalized spacial score (nSPS) is 13.8. The smallest absolute Gasteiger partial charge is 0.337 e. The number of carbonyl (C=O) groups excluding carboxylic acids is 3. The molecule has 140 valence electrons. The molecule has 0 aliphatic carbocycles. The van der Waals surface area contributed by atoms with Crippen LogP contribution in [0.15, 0.2) is 29.5 Å². The van der Waals surface area contributed by atoms with Gasteiger partial charge in [-0.15, -0.1) is 0 Å². The van der Waals surface area contributed by atoms with Crippen molar-refractivity contribution in [2.24, 2.45) is 0 Å². The minimum absolute atomic E-state index is 0.0325. The van der Waals surface area contributed by atoms with Crippen molar-refractivity contribution in [2.45, 2.75) is 13.8 Å². The lowest BCUT2D eigenvalue weighted by atomic mass is 10.1. The van der Waals surface area contributed by atoms with E-state index in [2.05, 4.69) is 5.32 Å². The van der Waals surface area contributed by atoms with E-state index >= 15 is 0 Å². The molecular weight excluding hydrogens is 340 g/mol. The predicted octanol–water partition coefficient (Wildman–Crippen LogP) is 0.961. The molecular formula is C18H22N2O6. The van der Waals surface area contributed by atoms with Crippen LogP contribution in [0.25, 0.3) is 0 Å². The van der Waals surface area contributed by atoms with Gasteiger partial charge < -0.3 is 24.8 Å². The molecule has 0 spiro atoms. The summed E-state index contributed by atoms with van der Waals surface area (Å²) < 4.78 is 10.3. The highest BCUT2D eigenvalue weighted by molar-refractivity contribution is 6.09. The molecule has 1 aliphatic rings. The molecule has 2 N–H and O–H groups in total. The molecule has 1 aromatic carbocycles. The van der Waals surface area contributed by atoms with Crippen LogP contribution in [0, 0.1) is 0 Å². The molecule has 0 bridgehead atoms. The fourth-order valence-electron chi connectivity index (χ4n) is 2.61. The van der Waals surface area contributed by atoms with Gasteiger partial charge in [0.05, 0.1) is 38.1 Å². The van der Waals surface area contributed by atoms with Crippen LogP contribution in [0.1, 0.15) is 24.2 Å². The summed E-state index contributed by atoms with van der Waals surface area (Å²) in [7, 11) is 1.23. The van der Waals surface area contributed by atoms with Crippen LogP contribution < -0.4 is 10.1 Å². The SMILES string of the molecule is CCOc1ccc(C(C)=O)cc1NC1=C(C(=O)OC)CN(CCO)C1=O. The Morgan fingerprint density at radius 3 is 2.65 bits per heavy atom. The zero-order valence-electron chi connectivity index (χ0n) is 15.0. The molecule has 0 fully saturated rings. The Balaban J connectivity index is 2.45. The Labute approximate surface area is 151 Å². The van der Waals surface area contributed by atoms with Gasteiger partial charge in [0, 0.05) is 12.1 Å². The number of ketones is 1. The standard InChI is InChI=1S/C18H22N2O6/c1-4-26-15-6-5-12(11(2)22)9-14(15)19-16-13(18(24)25-3)10-20(7-8-21)17(16)23/h5-6,9,19,21H,4,7-8,10H2,1-3H3. The number of hydrogen-bond donors (Lipinski definition) is 2. The molecule has 0 saturated carbocycles. The van der Waals surface area contributed by atoms with Crippen molar-refractivity contribution >= 4 is 23.3 Å². The summed E-state index contributed by atoms with van der Waals surface area (Å²) in [5.74, 6) is -0.766. The third-order valence-corrected chi connectivity index (χ3v) is 3.90. The molecule has 2 rings (SSSR count). The number of nitrogens with one attached hydrogen (secondary N) is 1. The number of hydrogen-bond acceptors (Lipinski definition) is 7. The fourth-order valence-corrected chi connectivity index (χ4v) is 2.61. The maximum atomic E-state index is 12.6. The van der Waals surface area contributed by atoms with Crippen molar-refractivity contribution in [3.05, 3.63) is 35.0 Å². The summed E-state index contributed by atoms with van der Waals surface area (Å²) in [5.41, 5.74) is 1.04. The average Bonchev–Trinajstić information content (AvgIpc) is 2.92. The van der Waals surface area contributed by atoms with E-state index in [1.165, 1.54) is 18.9 Å². The van der Waals surface area contributed by atoms with Crippen LogP contribution in [0.3, 0.4) is 0 Å². The first-order valence-corrected chi connectivity index (χ1v) is 8.19. The van der Waals surface area contributed by atoms with Crippen molar-refractivity contribution < 1.29 is 29.0 Å². The summed E-state index contributed by atoms with van der Waals surface area (Å²) in [6, 6.07) is 4.83. The third-order valence-electron chi connectivity index (χ3n) is 3.90. The summed E-state index contributed by atoms with van der Waals surface area (Å²) in [6.07, 6.45) is 0. The summed E-state index contributed by atoms with van der Waals surface area (Å²) in [6.45, 7) is 3.54. The number of aliphatic hydroxyl groups excluding tert-OH is 1. The van der Waals surface area contributed by atoms with Crippen LogP contribution >= 0.6 is 0 Å². The first-order valence-electron chi connectivity index (χ1n) is 8.19. The Bertz CT molecular complexity index is 756. The minimum atomic E-state index is -0.637. The molecule has 1 heterocycles. The van der Waals surface area contributed by atoms with Gasteiger partial charge in [-0.2, -0.15) is 0 Å². The summed E-state index contributed by atoms with van der Waals surface area (Å²) in [4.78, 5) is 37.7. The average molecular weight is 362 g/mol. The van der Waals surface area contributed by atoms with E-state index in [0.29, 0.717) is 23.6 Å². The quantitative estimate of drug-likeness (QED) is 0.524. The van der Waals surface area contributed by atoms with Crippen molar-refractivity contribution in [1.29, 1.82) is 0 Å². The van der Waals surface area contributed by atoms with Gasteiger partial charge >= 0.3 is 5.97 Å². The maximum absolute atomic E-state index is 12.6. The second-order valence-electron chi connectivity index (χ2n) is 5.62. The molecule has 26 heavy (non-hydrogen) atoms. The Hall–Kier alpha value is -2.87. The molecule has 0 unspecified atom stereocenters. The number of rotatable bonds is 8. The van der Waals surface area contributed by atoms with E-state index in [1.807, 2.05) is 6.92 Å². The summed E-state index contributed by atoms with van der Waals surface area (Å²) >= 11 is 0. The Morgan fingerprint density at radius 1 is 1.35 bits per heavy atom. The molecule has 0 saturated heterocycles. The second kappa shape index (κ2) is 8.48. The lowest BCUT2D eigenvalue weighted by Crippen LogP contribution is -2.31. The lowest BCUT2D eigenvalue weighted by Gasteiger charge is -2.16. The van der Waals surface area contributed by atoms with E-state index in [0.717, 1.165) is 0 Å². The number of esters is 1. The third kappa shape index (κ3) is 4.02. The predicted molar refractivity (Wildman–Crippen MR) is 93.9 cm³/mol. The van der Waals surface area contributed by atoms with Crippen molar-refractivity contribution in [1.82, 2.24) is 4.90 Å². The van der Waals surface area contributed by atoms with Crippen LogP contribution in [0.5, 0.6) is 5.75 Å². The number of anilines is 1. The number of ether oxygens (including phenoxy) is 2. The van der Waals surface area contributed by atoms with Gasteiger partial charge in [0.15, 0.2) is 5.78 Å². The number of methoxy groups -OCH3 is 1. The van der Waals surface area contributed by atoms with E-state index in [9.17, 15) is 14.4 Å². The highest BCUT2D eigenvalue weighted by atomic mass is 16.5. The summed E-state index contributed by atoms with van der Waals surface area (Å²) in [5, 5.41) is 12.0. The monoisotopic (exact) mass is 362 g/mol. The molecule has 0 radical (unpaired) electrons.